The average Bonchev–Trinajstić information content (AvgIpc) is 3.28. The van der Waals surface area contributed by atoms with Crippen LogP contribution in [0.5, 0.6) is 0 Å². The molecule has 0 aromatic carbocycles. The quantitative estimate of drug-likeness (QED) is 0.860. The molecular weight excluding hydrogens is 340 g/mol. The maximum Gasteiger partial charge on any atom is 0.249 e. The fourth-order valence-corrected chi connectivity index (χ4v) is 6.81. The molecule has 2 unspecified atom stereocenters. The molecule has 4 bridgehead atoms. The van der Waals surface area contributed by atoms with Gasteiger partial charge in [-0.15, -0.1) is 0 Å². The van der Waals surface area contributed by atoms with Crippen LogP contribution in [0.25, 0.3) is 0 Å². The highest BCUT2D eigenvalue weighted by Gasteiger charge is 2.56. The van der Waals surface area contributed by atoms with Crippen LogP contribution >= 0.6 is 0 Å². The molecule has 4 saturated carbocycles. The molecule has 148 valence electrons. The zero-order chi connectivity index (χ0) is 18.6. The first-order valence-corrected chi connectivity index (χ1v) is 10.9. The van der Waals surface area contributed by atoms with Crippen molar-refractivity contribution in [2.45, 2.75) is 76.8 Å². The SMILES string of the molecule is CNC(C)Cc1noc(C2CCCN2C(=O)C23CC4CC(CC(C4)C2)C3)n1. The minimum atomic E-state index is -0.0825. The van der Waals surface area contributed by atoms with E-state index in [-0.39, 0.29) is 11.5 Å². The van der Waals surface area contributed by atoms with E-state index in [0.717, 1.165) is 68.6 Å². The Morgan fingerprint density at radius 2 is 1.93 bits per heavy atom. The summed E-state index contributed by atoms with van der Waals surface area (Å²) in [6.45, 7) is 2.95. The van der Waals surface area contributed by atoms with Gasteiger partial charge in [-0.2, -0.15) is 4.98 Å². The molecule has 1 aromatic rings. The van der Waals surface area contributed by atoms with Gasteiger partial charge in [-0.25, -0.2) is 0 Å². The Morgan fingerprint density at radius 1 is 1.26 bits per heavy atom. The molecule has 6 nitrogen and oxygen atoms in total. The Hall–Kier alpha value is -1.43. The van der Waals surface area contributed by atoms with Crippen LogP contribution in [-0.4, -0.2) is 40.6 Å². The van der Waals surface area contributed by atoms with Crippen molar-refractivity contribution in [3.05, 3.63) is 11.7 Å². The molecule has 0 radical (unpaired) electrons. The van der Waals surface area contributed by atoms with E-state index < -0.39 is 0 Å². The Bertz CT molecular complexity index is 680. The van der Waals surface area contributed by atoms with Gasteiger partial charge in [0.1, 0.15) is 6.04 Å². The lowest BCUT2D eigenvalue weighted by atomic mass is 9.49. The topological polar surface area (TPSA) is 71.3 Å². The number of hydrogen-bond donors (Lipinski definition) is 1. The van der Waals surface area contributed by atoms with Crippen molar-refractivity contribution in [1.29, 1.82) is 0 Å². The van der Waals surface area contributed by atoms with Crippen molar-refractivity contribution >= 4 is 5.91 Å². The molecule has 2 heterocycles. The molecule has 1 aliphatic heterocycles. The summed E-state index contributed by atoms with van der Waals surface area (Å²) in [5.41, 5.74) is -0.0825. The van der Waals surface area contributed by atoms with Crippen LogP contribution in [0.3, 0.4) is 0 Å². The Balaban J connectivity index is 1.35. The third-order valence-corrected chi connectivity index (χ3v) is 7.76. The predicted molar refractivity (Wildman–Crippen MR) is 101 cm³/mol. The number of nitrogens with zero attached hydrogens (tertiary/aromatic N) is 3. The fourth-order valence-electron chi connectivity index (χ4n) is 6.81. The molecule has 1 aromatic heterocycles. The van der Waals surface area contributed by atoms with Crippen LogP contribution in [0.2, 0.25) is 0 Å². The number of aromatic nitrogens is 2. The van der Waals surface area contributed by atoms with Crippen LogP contribution in [0, 0.1) is 23.2 Å². The zero-order valence-electron chi connectivity index (χ0n) is 16.6. The summed E-state index contributed by atoms with van der Waals surface area (Å²) in [5, 5.41) is 7.38. The number of carbonyl (C=O) groups excluding carboxylic acids is 1. The molecule has 4 aliphatic carbocycles. The van der Waals surface area contributed by atoms with Crippen molar-refractivity contribution in [2.75, 3.05) is 13.6 Å². The Morgan fingerprint density at radius 3 is 2.56 bits per heavy atom. The molecule has 27 heavy (non-hydrogen) atoms. The van der Waals surface area contributed by atoms with Gasteiger partial charge < -0.3 is 14.7 Å². The van der Waals surface area contributed by atoms with Gasteiger partial charge in [-0.1, -0.05) is 5.16 Å². The highest BCUT2D eigenvalue weighted by atomic mass is 16.5. The van der Waals surface area contributed by atoms with Crippen molar-refractivity contribution in [3.8, 4) is 0 Å². The van der Waals surface area contributed by atoms with Gasteiger partial charge >= 0.3 is 0 Å². The molecule has 0 spiro atoms. The van der Waals surface area contributed by atoms with E-state index in [1.54, 1.807) is 0 Å². The van der Waals surface area contributed by atoms with Crippen LogP contribution < -0.4 is 5.32 Å². The first-order valence-electron chi connectivity index (χ1n) is 10.9. The lowest BCUT2D eigenvalue weighted by Gasteiger charge is -2.56. The molecule has 5 aliphatic rings. The van der Waals surface area contributed by atoms with Gasteiger partial charge in [-0.3, -0.25) is 4.79 Å². The Labute approximate surface area is 161 Å². The highest BCUT2D eigenvalue weighted by molar-refractivity contribution is 5.84. The number of likely N-dealkylation sites (tertiary alicyclic amines) is 1. The Kier molecular flexibility index (Phi) is 4.30. The minimum Gasteiger partial charge on any atom is -0.337 e. The normalized spacial score (nSPS) is 38.5. The van der Waals surface area contributed by atoms with E-state index in [1.165, 1.54) is 19.3 Å². The third kappa shape index (κ3) is 3.00. The van der Waals surface area contributed by atoms with Crippen LogP contribution in [0.4, 0.5) is 0 Å². The lowest BCUT2D eigenvalue weighted by Crippen LogP contribution is -2.54. The third-order valence-electron chi connectivity index (χ3n) is 7.76. The van der Waals surface area contributed by atoms with Crippen molar-refractivity contribution in [2.24, 2.45) is 23.2 Å². The van der Waals surface area contributed by atoms with E-state index in [0.29, 0.717) is 17.8 Å². The van der Waals surface area contributed by atoms with Gasteiger partial charge in [0.15, 0.2) is 5.82 Å². The van der Waals surface area contributed by atoms with Crippen LogP contribution in [-0.2, 0) is 11.2 Å². The maximum absolute atomic E-state index is 13.7. The van der Waals surface area contributed by atoms with Gasteiger partial charge in [0, 0.05) is 19.0 Å². The average molecular weight is 373 g/mol. The van der Waals surface area contributed by atoms with Gasteiger partial charge in [-0.05, 0) is 83.1 Å². The number of carbonyl (C=O) groups is 1. The summed E-state index contributed by atoms with van der Waals surface area (Å²) in [6, 6.07) is 0.292. The first kappa shape index (κ1) is 17.7. The molecule has 2 atom stereocenters. The molecule has 6 rings (SSSR count). The largest absolute Gasteiger partial charge is 0.337 e. The standard InChI is InChI=1S/C21H32N4O2/c1-13(22-2)6-18-23-19(27-24-18)17-4-3-5-25(17)20(26)21-10-14-7-15(11-21)9-16(8-14)12-21/h13-17,22H,3-12H2,1-2H3. The second-order valence-electron chi connectivity index (χ2n) is 9.80. The van der Waals surface area contributed by atoms with E-state index in [2.05, 4.69) is 27.3 Å². The number of hydrogen-bond acceptors (Lipinski definition) is 5. The predicted octanol–water partition coefficient (Wildman–Crippen LogP) is 3.10. The number of nitrogens with one attached hydrogen (secondary N) is 1. The molecule has 6 heteroatoms. The maximum atomic E-state index is 13.7. The molecule has 5 fully saturated rings. The summed E-state index contributed by atoms with van der Waals surface area (Å²) >= 11 is 0. The van der Waals surface area contributed by atoms with E-state index in [9.17, 15) is 4.79 Å². The number of likely N-dealkylation sites (N-methyl/N-ethyl adjacent to an activating group) is 1. The van der Waals surface area contributed by atoms with Gasteiger partial charge in [0.05, 0.1) is 5.41 Å². The molecule has 1 N–H and O–H groups in total. The second kappa shape index (κ2) is 6.57. The van der Waals surface area contributed by atoms with E-state index >= 15 is 0 Å². The lowest BCUT2D eigenvalue weighted by molar-refractivity contribution is -0.159. The monoisotopic (exact) mass is 372 g/mol. The summed E-state index contributed by atoms with van der Waals surface area (Å²) < 4.78 is 5.61. The number of rotatable bonds is 5. The van der Waals surface area contributed by atoms with Gasteiger partial charge in [0.25, 0.3) is 0 Å². The van der Waals surface area contributed by atoms with E-state index in [1.807, 2.05) is 7.05 Å². The summed E-state index contributed by atoms with van der Waals surface area (Å²) in [7, 11) is 1.94. The van der Waals surface area contributed by atoms with Crippen LogP contribution in [0.15, 0.2) is 4.52 Å². The number of amides is 1. The molecule has 1 amide bonds. The zero-order valence-corrected chi connectivity index (χ0v) is 16.6. The summed E-state index contributed by atoms with van der Waals surface area (Å²) in [4.78, 5) is 20.5. The summed E-state index contributed by atoms with van der Waals surface area (Å²) in [5.74, 6) is 4.15. The molecular formula is C21H32N4O2. The summed E-state index contributed by atoms with van der Waals surface area (Å²) in [6.07, 6.45) is 10.2. The van der Waals surface area contributed by atoms with Crippen molar-refractivity contribution < 1.29 is 9.32 Å². The van der Waals surface area contributed by atoms with E-state index in [4.69, 9.17) is 4.52 Å². The smallest absolute Gasteiger partial charge is 0.249 e. The second-order valence-corrected chi connectivity index (χ2v) is 9.80. The molecule has 1 saturated heterocycles. The fraction of sp³-hybridized carbons (Fsp3) is 0.857. The van der Waals surface area contributed by atoms with Crippen molar-refractivity contribution in [3.63, 3.8) is 0 Å². The van der Waals surface area contributed by atoms with Gasteiger partial charge in [0.2, 0.25) is 11.8 Å². The highest BCUT2D eigenvalue weighted by Crippen LogP contribution is 2.61. The minimum absolute atomic E-state index is 0.0170. The van der Waals surface area contributed by atoms with Crippen LogP contribution in [0.1, 0.15) is 76.0 Å². The van der Waals surface area contributed by atoms with Crippen molar-refractivity contribution in [1.82, 2.24) is 20.4 Å². The first-order chi connectivity index (χ1) is 13.1.